The Bertz CT molecular complexity index is 617. The number of hydrogen-bond donors (Lipinski definition) is 0. The molecule has 24 heavy (non-hydrogen) atoms. The molecule has 0 aliphatic heterocycles. The lowest BCUT2D eigenvalue weighted by molar-refractivity contribution is 0.396. The van der Waals surface area contributed by atoms with Crippen molar-refractivity contribution in [1.82, 2.24) is 0 Å². The molecule has 2 rings (SSSR count). The fourth-order valence-corrected chi connectivity index (χ4v) is 5.15. The summed E-state index contributed by atoms with van der Waals surface area (Å²) in [6.45, 7) is 2.20. The first-order chi connectivity index (χ1) is 11.7. The van der Waals surface area contributed by atoms with Crippen LogP contribution in [0.15, 0.2) is 36.4 Å². The molecule has 0 atom stereocenters. The minimum Gasteiger partial charge on any atom is -0.497 e. The molecule has 0 N–H and O–H groups in total. The zero-order chi connectivity index (χ0) is 17.5. The van der Waals surface area contributed by atoms with E-state index >= 15 is 0 Å². The molecule has 2 aromatic carbocycles. The number of rotatable bonds is 8. The van der Waals surface area contributed by atoms with Crippen molar-refractivity contribution in [1.29, 1.82) is 0 Å². The van der Waals surface area contributed by atoms with E-state index in [0.29, 0.717) is 0 Å². The van der Waals surface area contributed by atoms with Gasteiger partial charge in [-0.05, 0) is 38.3 Å². The van der Waals surface area contributed by atoms with Gasteiger partial charge in [-0.3, -0.25) is 0 Å². The maximum atomic E-state index is 5.63. The van der Waals surface area contributed by atoms with Crippen LogP contribution in [0.4, 0.5) is 0 Å². The van der Waals surface area contributed by atoms with Gasteiger partial charge in [-0.1, -0.05) is 13.3 Å². The van der Waals surface area contributed by atoms with Crippen molar-refractivity contribution < 1.29 is 18.9 Å². The fraction of sp³-hybridized carbons (Fsp3) is 0.368. The molecule has 130 valence electrons. The van der Waals surface area contributed by atoms with Crippen LogP contribution in [0, 0.1) is 0 Å². The van der Waals surface area contributed by atoms with E-state index in [1.165, 1.54) is 10.6 Å². The van der Waals surface area contributed by atoms with Gasteiger partial charge in [-0.2, -0.15) is 0 Å². The van der Waals surface area contributed by atoms with Crippen molar-refractivity contribution in [2.45, 2.75) is 13.3 Å². The molecule has 0 amide bonds. The highest BCUT2D eigenvalue weighted by Gasteiger charge is 2.21. The minimum absolute atomic E-state index is 0.600. The molecular weight excluding hydrogens is 323 g/mol. The van der Waals surface area contributed by atoms with Crippen molar-refractivity contribution in [3.63, 3.8) is 0 Å². The van der Waals surface area contributed by atoms with Gasteiger partial charge in [-0.15, -0.1) is 0 Å². The Labute approximate surface area is 145 Å². The summed E-state index contributed by atoms with van der Waals surface area (Å²) in [7, 11) is 6.12. The highest BCUT2D eigenvalue weighted by atomic mass is 31.1. The molecule has 0 fully saturated rings. The Morgan fingerprint density at radius 1 is 0.708 bits per heavy atom. The number of methoxy groups -OCH3 is 4. The Balaban J connectivity index is 2.54. The summed E-state index contributed by atoms with van der Waals surface area (Å²) in [6, 6.07) is 12.1. The van der Waals surface area contributed by atoms with E-state index < -0.39 is 7.92 Å². The largest absolute Gasteiger partial charge is 0.497 e. The molecule has 0 aromatic heterocycles. The SMILES string of the molecule is CCCP(c1ccc(OC)cc1OC)c1ccc(OC)cc1OC. The highest BCUT2D eigenvalue weighted by molar-refractivity contribution is 7.73. The van der Waals surface area contributed by atoms with Crippen LogP contribution < -0.4 is 29.6 Å². The summed E-state index contributed by atoms with van der Waals surface area (Å²) in [4.78, 5) is 0. The van der Waals surface area contributed by atoms with Gasteiger partial charge in [0.1, 0.15) is 23.0 Å². The molecule has 0 aliphatic carbocycles. The van der Waals surface area contributed by atoms with Gasteiger partial charge in [0.05, 0.1) is 28.4 Å². The maximum absolute atomic E-state index is 5.63. The fourth-order valence-electron chi connectivity index (χ4n) is 2.61. The lowest BCUT2D eigenvalue weighted by Crippen LogP contribution is -2.18. The third-order valence-corrected chi connectivity index (χ3v) is 6.60. The normalized spacial score (nSPS) is 10.6. The summed E-state index contributed by atoms with van der Waals surface area (Å²) >= 11 is 0. The van der Waals surface area contributed by atoms with Gasteiger partial charge in [0.25, 0.3) is 0 Å². The van der Waals surface area contributed by atoms with E-state index in [1.807, 2.05) is 24.3 Å². The second-order valence-electron chi connectivity index (χ2n) is 5.23. The monoisotopic (exact) mass is 348 g/mol. The molecule has 0 saturated heterocycles. The van der Waals surface area contributed by atoms with Crippen LogP contribution in [0.3, 0.4) is 0 Å². The zero-order valence-electron chi connectivity index (χ0n) is 15.0. The lowest BCUT2D eigenvalue weighted by atomic mass is 10.3. The second-order valence-corrected chi connectivity index (χ2v) is 7.49. The van der Waals surface area contributed by atoms with Crippen molar-refractivity contribution in [2.75, 3.05) is 34.6 Å². The third-order valence-electron chi connectivity index (χ3n) is 3.80. The Morgan fingerprint density at radius 3 is 1.50 bits per heavy atom. The Morgan fingerprint density at radius 2 is 1.17 bits per heavy atom. The Hall–Kier alpha value is -1.93. The molecule has 4 nitrogen and oxygen atoms in total. The van der Waals surface area contributed by atoms with Gasteiger partial charge < -0.3 is 18.9 Å². The van der Waals surface area contributed by atoms with Gasteiger partial charge in [0, 0.05) is 22.7 Å². The zero-order valence-corrected chi connectivity index (χ0v) is 15.9. The molecule has 0 unspecified atom stereocenters. The molecule has 2 aromatic rings. The van der Waals surface area contributed by atoms with Crippen LogP contribution in [-0.4, -0.2) is 34.6 Å². The predicted octanol–water partition coefficient (Wildman–Crippen LogP) is 3.56. The first-order valence-corrected chi connectivity index (χ1v) is 9.42. The standard InChI is InChI=1S/C19H25O4P/c1-6-11-24(18-9-7-14(20-2)12-16(18)22-4)19-10-8-15(21-3)13-17(19)23-5/h7-10,12-13H,6,11H2,1-5H3. The van der Waals surface area contributed by atoms with Crippen LogP contribution in [0.5, 0.6) is 23.0 Å². The van der Waals surface area contributed by atoms with Crippen molar-refractivity contribution >= 4 is 18.5 Å². The first kappa shape index (κ1) is 18.4. The maximum Gasteiger partial charge on any atom is 0.130 e. The van der Waals surface area contributed by atoms with Crippen LogP contribution >= 0.6 is 7.92 Å². The summed E-state index contributed by atoms with van der Waals surface area (Å²) in [5.74, 6) is 3.30. The number of ether oxygens (including phenoxy) is 4. The van der Waals surface area contributed by atoms with Crippen LogP contribution in [0.2, 0.25) is 0 Å². The van der Waals surface area contributed by atoms with E-state index in [0.717, 1.165) is 35.6 Å². The van der Waals surface area contributed by atoms with Crippen molar-refractivity contribution in [2.24, 2.45) is 0 Å². The summed E-state index contributed by atoms with van der Waals surface area (Å²) < 4.78 is 21.9. The first-order valence-electron chi connectivity index (χ1n) is 7.90. The smallest absolute Gasteiger partial charge is 0.130 e. The highest BCUT2D eigenvalue weighted by Crippen LogP contribution is 2.42. The minimum atomic E-state index is -0.600. The van der Waals surface area contributed by atoms with Crippen LogP contribution in [0.25, 0.3) is 0 Å². The van der Waals surface area contributed by atoms with Crippen molar-refractivity contribution in [3.05, 3.63) is 36.4 Å². The van der Waals surface area contributed by atoms with Gasteiger partial charge in [0.2, 0.25) is 0 Å². The molecule has 5 heteroatoms. The molecule has 0 saturated carbocycles. The van der Waals surface area contributed by atoms with Gasteiger partial charge >= 0.3 is 0 Å². The average Bonchev–Trinajstić information content (AvgIpc) is 2.65. The molecule has 0 spiro atoms. The number of benzene rings is 2. The van der Waals surface area contributed by atoms with E-state index in [1.54, 1.807) is 28.4 Å². The quantitative estimate of drug-likeness (QED) is 0.684. The third kappa shape index (κ3) is 3.93. The summed E-state index contributed by atoms with van der Waals surface area (Å²) in [5, 5.41) is 2.39. The topological polar surface area (TPSA) is 36.9 Å². The predicted molar refractivity (Wildman–Crippen MR) is 100 cm³/mol. The Kier molecular flexibility index (Phi) is 6.74. The van der Waals surface area contributed by atoms with Gasteiger partial charge in [-0.25, -0.2) is 0 Å². The van der Waals surface area contributed by atoms with E-state index in [9.17, 15) is 0 Å². The van der Waals surface area contributed by atoms with Crippen LogP contribution in [-0.2, 0) is 0 Å². The van der Waals surface area contributed by atoms with E-state index in [2.05, 4.69) is 19.1 Å². The summed E-state index contributed by atoms with van der Waals surface area (Å²) in [5.41, 5.74) is 0. The molecule has 0 heterocycles. The molecule has 0 aliphatic rings. The number of hydrogen-bond acceptors (Lipinski definition) is 4. The average molecular weight is 348 g/mol. The summed E-state index contributed by atoms with van der Waals surface area (Å²) in [6.07, 6.45) is 2.14. The van der Waals surface area contributed by atoms with Crippen molar-refractivity contribution in [3.8, 4) is 23.0 Å². The van der Waals surface area contributed by atoms with E-state index in [-0.39, 0.29) is 0 Å². The lowest BCUT2D eigenvalue weighted by Gasteiger charge is -2.23. The van der Waals surface area contributed by atoms with E-state index in [4.69, 9.17) is 18.9 Å². The molecule has 0 bridgehead atoms. The second kappa shape index (κ2) is 8.79. The molecular formula is C19H25O4P. The van der Waals surface area contributed by atoms with Gasteiger partial charge in [0.15, 0.2) is 0 Å². The molecule has 0 radical (unpaired) electrons. The van der Waals surface area contributed by atoms with Crippen LogP contribution in [0.1, 0.15) is 13.3 Å².